The van der Waals surface area contributed by atoms with E-state index in [-0.39, 0.29) is 0 Å². The van der Waals surface area contributed by atoms with Gasteiger partial charge in [-0.25, -0.2) is 4.98 Å². The van der Waals surface area contributed by atoms with Crippen molar-refractivity contribution in [3.05, 3.63) is 64.6 Å². The van der Waals surface area contributed by atoms with Crippen LogP contribution in [0.1, 0.15) is 63.3 Å². The first kappa shape index (κ1) is 24.5. The number of rotatable bonds is 4. The smallest absolute Gasteiger partial charge is 0.155 e. The lowest BCUT2D eigenvalue weighted by molar-refractivity contribution is 0.0740. The number of nitrogens with zero attached hydrogens (tertiary/aromatic N) is 4. The quantitative estimate of drug-likeness (QED) is 0.312. The predicted molar refractivity (Wildman–Crippen MR) is 149 cm³/mol. The van der Waals surface area contributed by atoms with E-state index in [9.17, 15) is 5.11 Å². The van der Waals surface area contributed by atoms with Crippen LogP contribution in [0, 0.1) is 0 Å². The molecule has 3 aromatic heterocycles. The minimum atomic E-state index is -1.12. The number of hydrogen-bond donors (Lipinski definition) is 2. The minimum Gasteiger partial charge on any atom is -0.384 e. The van der Waals surface area contributed by atoms with Crippen molar-refractivity contribution in [3.63, 3.8) is 0 Å². The summed E-state index contributed by atoms with van der Waals surface area (Å²) in [4.78, 5) is 11.8. The molecule has 0 radical (unpaired) electrons. The molecule has 4 heterocycles. The maximum atomic E-state index is 10.3. The number of aliphatic hydroxyl groups is 1. The Morgan fingerprint density at radius 1 is 0.973 bits per heavy atom. The Morgan fingerprint density at radius 2 is 1.76 bits per heavy atom. The molecule has 37 heavy (non-hydrogen) atoms. The Morgan fingerprint density at radius 3 is 2.49 bits per heavy atom. The van der Waals surface area contributed by atoms with Crippen LogP contribution in [0.15, 0.2) is 42.7 Å². The van der Waals surface area contributed by atoms with Gasteiger partial charge in [0.1, 0.15) is 11.3 Å². The van der Waals surface area contributed by atoms with E-state index in [2.05, 4.69) is 56.3 Å². The van der Waals surface area contributed by atoms with Gasteiger partial charge in [0.2, 0.25) is 0 Å². The van der Waals surface area contributed by atoms with Gasteiger partial charge in [0, 0.05) is 41.0 Å². The number of fused-ring (bicyclic) bond motifs is 2. The molecular formula is C30H34ClN5O. The summed E-state index contributed by atoms with van der Waals surface area (Å²) in [5.74, 6) is 0. The molecule has 7 heteroatoms. The topological polar surface area (TPSA) is 77.9 Å². The summed E-state index contributed by atoms with van der Waals surface area (Å²) in [7, 11) is 0. The van der Waals surface area contributed by atoms with Crippen molar-refractivity contribution in [2.24, 2.45) is 0 Å². The van der Waals surface area contributed by atoms with Gasteiger partial charge in [-0.1, -0.05) is 29.8 Å². The number of halogens is 1. The van der Waals surface area contributed by atoms with Crippen LogP contribution in [0.25, 0.3) is 33.4 Å². The highest BCUT2D eigenvalue weighted by molar-refractivity contribution is 6.31. The van der Waals surface area contributed by atoms with Crippen molar-refractivity contribution in [2.45, 2.75) is 77.0 Å². The van der Waals surface area contributed by atoms with E-state index in [1.807, 2.05) is 12.3 Å². The second-order valence-electron chi connectivity index (χ2n) is 11.2. The normalized spacial score (nSPS) is 20.8. The van der Waals surface area contributed by atoms with Crippen LogP contribution in [0.3, 0.4) is 0 Å². The highest BCUT2D eigenvalue weighted by Crippen LogP contribution is 2.35. The Kier molecular flexibility index (Phi) is 6.30. The Bertz CT molecular complexity index is 1460. The fourth-order valence-electron chi connectivity index (χ4n) is 6.20. The molecule has 2 aliphatic rings. The van der Waals surface area contributed by atoms with Gasteiger partial charge >= 0.3 is 0 Å². The first-order chi connectivity index (χ1) is 17.8. The molecule has 6 rings (SSSR count). The number of aromatic nitrogens is 4. The van der Waals surface area contributed by atoms with E-state index in [1.165, 1.54) is 48.9 Å². The van der Waals surface area contributed by atoms with Crippen LogP contribution in [0.2, 0.25) is 5.02 Å². The number of nitrogens with one attached hydrogen (secondary N) is 1. The summed E-state index contributed by atoms with van der Waals surface area (Å²) in [5.41, 5.74) is 6.80. The van der Waals surface area contributed by atoms with Gasteiger partial charge < -0.3 is 5.11 Å². The second kappa shape index (κ2) is 9.50. The SMILES string of the molecule is C[C@@H]1CCCN1C1CCc2ccc(-c3cnc4[nH]nc(-c5cnc(C(C)(C)O)c(Cl)c5)c4c3)cc2CC1. The molecule has 0 saturated carbocycles. The predicted octanol–water partition coefficient (Wildman–Crippen LogP) is 6.30. The fourth-order valence-corrected chi connectivity index (χ4v) is 6.60. The molecule has 1 fully saturated rings. The molecule has 2 atom stereocenters. The summed E-state index contributed by atoms with van der Waals surface area (Å²) in [6.07, 6.45) is 11.1. The van der Waals surface area contributed by atoms with Gasteiger partial charge in [0.05, 0.1) is 10.7 Å². The molecule has 1 saturated heterocycles. The lowest BCUT2D eigenvalue weighted by Gasteiger charge is -2.30. The third kappa shape index (κ3) is 4.67. The lowest BCUT2D eigenvalue weighted by atomic mass is 9.96. The summed E-state index contributed by atoms with van der Waals surface area (Å²) in [6, 6.07) is 12.3. The zero-order valence-electron chi connectivity index (χ0n) is 21.8. The van der Waals surface area contributed by atoms with Crippen molar-refractivity contribution in [3.8, 4) is 22.4 Å². The third-order valence-corrected chi connectivity index (χ3v) is 8.51. The summed E-state index contributed by atoms with van der Waals surface area (Å²) < 4.78 is 0. The van der Waals surface area contributed by atoms with Crippen LogP contribution in [-0.4, -0.2) is 48.8 Å². The van der Waals surface area contributed by atoms with Crippen molar-refractivity contribution in [2.75, 3.05) is 6.54 Å². The second-order valence-corrected chi connectivity index (χ2v) is 11.7. The third-order valence-electron chi connectivity index (χ3n) is 8.22. The number of hydrogen-bond acceptors (Lipinski definition) is 5. The van der Waals surface area contributed by atoms with Crippen molar-refractivity contribution >= 4 is 22.6 Å². The Hall–Kier alpha value is -2.80. The average Bonchev–Trinajstić information content (AvgIpc) is 3.43. The maximum Gasteiger partial charge on any atom is 0.155 e. The molecule has 0 bridgehead atoms. The highest BCUT2D eigenvalue weighted by Gasteiger charge is 2.29. The Labute approximate surface area is 223 Å². The standard InChI is InChI=1S/C30H34ClN5O/c1-18-5-4-12-36(18)24-10-8-19-6-7-21(13-20(19)9-11-24)22-14-25-27(34-35-29(25)33-16-22)23-15-26(31)28(32-17-23)30(2,3)37/h6-7,13-18,24,37H,4-5,8-12H2,1-3H3,(H,33,34,35)/t18-,24?/m1/s1. The number of benzene rings is 1. The van der Waals surface area contributed by atoms with Gasteiger partial charge in [-0.05, 0) is 94.7 Å². The van der Waals surface area contributed by atoms with Gasteiger partial charge in [-0.15, -0.1) is 0 Å². The van der Waals surface area contributed by atoms with E-state index in [1.54, 1.807) is 20.0 Å². The van der Waals surface area contributed by atoms with Crippen LogP contribution >= 0.6 is 11.6 Å². The van der Waals surface area contributed by atoms with E-state index in [0.29, 0.717) is 16.8 Å². The van der Waals surface area contributed by atoms with Crippen LogP contribution in [0.4, 0.5) is 0 Å². The fraction of sp³-hybridized carbons (Fsp3) is 0.433. The zero-order valence-corrected chi connectivity index (χ0v) is 22.5. The minimum absolute atomic E-state index is 0.414. The first-order valence-electron chi connectivity index (χ1n) is 13.4. The molecule has 0 spiro atoms. The van der Waals surface area contributed by atoms with Gasteiger partial charge in [0.25, 0.3) is 0 Å². The molecular weight excluding hydrogens is 482 g/mol. The number of aromatic amines is 1. The van der Waals surface area contributed by atoms with Gasteiger partial charge in [-0.3, -0.25) is 15.0 Å². The van der Waals surface area contributed by atoms with E-state index >= 15 is 0 Å². The van der Waals surface area contributed by atoms with Crippen molar-refractivity contribution < 1.29 is 5.11 Å². The van der Waals surface area contributed by atoms with Crippen molar-refractivity contribution in [1.29, 1.82) is 0 Å². The first-order valence-corrected chi connectivity index (χ1v) is 13.8. The monoisotopic (exact) mass is 515 g/mol. The maximum absolute atomic E-state index is 10.3. The van der Waals surface area contributed by atoms with Gasteiger partial charge in [-0.2, -0.15) is 5.10 Å². The molecule has 1 aliphatic carbocycles. The molecule has 1 aromatic carbocycles. The molecule has 2 N–H and O–H groups in total. The van der Waals surface area contributed by atoms with Crippen LogP contribution < -0.4 is 0 Å². The number of aryl methyl sites for hydroxylation is 2. The molecule has 0 amide bonds. The highest BCUT2D eigenvalue weighted by atomic mass is 35.5. The van der Waals surface area contributed by atoms with Gasteiger partial charge in [0.15, 0.2) is 5.65 Å². The van der Waals surface area contributed by atoms with E-state index in [4.69, 9.17) is 11.6 Å². The zero-order chi connectivity index (χ0) is 25.7. The summed E-state index contributed by atoms with van der Waals surface area (Å²) >= 11 is 6.47. The molecule has 4 aromatic rings. The largest absolute Gasteiger partial charge is 0.384 e. The average molecular weight is 516 g/mol. The molecule has 192 valence electrons. The summed E-state index contributed by atoms with van der Waals surface area (Å²) in [6.45, 7) is 7.00. The van der Waals surface area contributed by atoms with Crippen LogP contribution in [0.5, 0.6) is 0 Å². The summed E-state index contributed by atoms with van der Waals surface area (Å²) in [5, 5.41) is 19.2. The van der Waals surface area contributed by atoms with Crippen molar-refractivity contribution in [1.82, 2.24) is 25.1 Å². The molecule has 6 nitrogen and oxygen atoms in total. The number of likely N-dealkylation sites (tertiary alicyclic amines) is 1. The Balaban J connectivity index is 1.30. The number of pyridine rings is 2. The van der Waals surface area contributed by atoms with E-state index < -0.39 is 5.60 Å². The lowest BCUT2D eigenvalue weighted by Crippen LogP contribution is -2.37. The van der Waals surface area contributed by atoms with E-state index in [0.717, 1.165) is 46.7 Å². The molecule has 1 unspecified atom stereocenters. The van der Waals surface area contributed by atoms with Crippen LogP contribution in [-0.2, 0) is 18.4 Å². The number of H-pyrrole nitrogens is 1. The molecule has 1 aliphatic heterocycles.